The van der Waals surface area contributed by atoms with Gasteiger partial charge in [0.15, 0.2) is 0 Å². The fourth-order valence-corrected chi connectivity index (χ4v) is 2.95. The quantitative estimate of drug-likeness (QED) is 0.709. The zero-order valence-corrected chi connectivity index (χ0v) is 15.9. The molecule has 0 unspecified atom stereocenters. The van der Waals surface area contributed by atoms with Gasteiger partial charge in [-0.3, -0.25) is 4.79 Å². The maximum atomic E-state index is 12.5. The van der Waals surface area contributed by atoms with E-state index in [1.54, 1.807) is 6.20 Å². The molecule has 3 rings (SSSR count). The molecule has 1 N–H and O–H groups in total. The van der Waals surface area contributed by atoms with E-state index in [1.807, 2.05) is 50.2 Å². The number of nitrogens with one attached hydrogen (secondary N) is 1. The third-order valence-corrected chi connectivity index (χ3v) is 4.51. The van der Waals surface area contributed by atoms with Gasteiger partial charge in [0, 0.05) is 18.8 Å². The Labute approximate surface area is 160 Å². The van der Waals surface area contributed by atoms with Crippen molar-refractivity contribution >= 4 is 17.4 Å². The van der Waals surface area contributed by atoms with Gasteiger partial charge in [-0.1, -0.05) is 48.5 Å². The number of hydrogen-bond acceptors (Lipinski definition) is 4. The van der Waals surface area contributed by atoms with E-state index in [9.17, 15) is 4.79 Å². The van der Waals surface area contributed by atoms with Crippen molar-refractivity contribution in [3.05, 3.63) is 83.3 Å². The average molecular weight is 360 g/mol. The molecule has 0 radical (unpaired) electrons. The standard InChI is InChI=1S/C22H24N4O/c1-4-26(15-18-11-6-5-7-12-18)20-14-23-19(13-24-20)22(27)25-21-16(2)9-8-10-17(21)3/h5-14H,4,15H2,1-3H3,(H,25,27). The van der Waals surface area contributed by atoms with Crippen molar-refractivity contribution in [2.75, 3.05) is 16.8 Å². The van der Waals surface area contributed by atoms with E-state index in [0.29, 0.717) is 5.69 Å². The molecule has 1 amide bonds. The Morgan fingerprint density at radius 3 is 2.26 bits per heavy atom. The molecule has 0 atom stereocenters. The zero-order valence-electron chi connectivity index (χ0n) is 15.9. The highest BCUT2D eigenvalue weighted by atomic mass is 16.1. The van der Waals surface area contributed by atoms with E-state index in [0.717, 1.165) is 35.7 Å². The van der Waals surface area contributed by atoms with Gasteiger partial charge in [-0.2, -0.15) is 0 Å². The summed E-state index contributed by atoms with van der Waals surface area (Å²) in [6.07, 6.45) is 3.19. The van der Waals surface area contributed by atoms with Crippen molar-refractivity contribution in [1.82, 2.24) is 9.97 Å². The lowest BCUT2D eigenvalue weighted by Gasteiger charge is -2.21. The van der Waals surface area contributed by atoms with Crippen LogP contribution in [0.3, 0.4) is 0 Å². The molecular weight excluding hydrogens is 336 g/mol. The van der Waals surface area contributed by atoms with Gasteiger partial charge in [0.2, 0.25) is 0 Å². The van der Waals surface area contributed by atoms with Crippen molar-refractivity contribution in [3.63, 3.8) is 0 Å². The number of para-hydroxylation sites is 1. The maximum Gasteiger partial charge on any atom is 0.275 e. The molecule has 1 heterocycles. The number of hydrogen-bond donors (Lipinski definition) is 1. The van der Waals surface area contributed by atoms with Crippen LogP contribution in [0.25, 0.3) is 0 Å². The van der Waals surface area contributed by atoms with E-state index in [-0.39, 0.29) is 5.91 Å². The van der Waals surface area contributed by atoms with Crippen LogP contribution in [0.4, 0.5) is 11.5 Å². The van der Waals surface area contributed by atoms with Gasteiger partial charge in [-0.05, 0) is 37.5 Å². The van der Waals surface area contributed by atoms with Crippen LogP contribution in [0.1, 0.15) is 34.1 Å². The lowest BCUT2D eigenvalue weighted by molar-refractivity contribution is 0.102. The van der Waals surface area contributed by atoms with Crippen LogP contribution in [-0.4, -0.2) is 22.4 Å². The molecular formula is C22H24N4O. The fourth-order valence-electron chi connectivity index (χ4n) is 2.95. The Hall–Kier alpha value is -3.21. The SMILES string of the molecule is CCN(Cc1ccccc1)c1cnc(C(=O)Nc2c(C)cccc2C)cn1. The summed E-state index contributed by atoms with van der Waals surface area (Å²) < 4.78 is 0. The molecule has 5 heteroatoms. The molecule has 0 fully saturated rings. The molecule has 3 aromatic rings. The van der Waals surface area contributed by atoms with Crippen molar-refractivity contribution in [2.45, 2.75) is 27.3 Å². The summed E-state index contributed by atoms with van der Waals surface area (Å²) in [7, 11) is 0. The number of rotatable bonds is 6. The first-order valence-electron chi connectivity index (χ1n) is 9.07. The Bertz CT molecular complexity index is 887. The minimum Gasteiger partial charge on any atom is -0.351 e. The second-order valence-electron chi connectivity index (χ2n) is 6.48. The topological polar surface area (TPSA) is 58.1 Å². The first-order chi connectivity index (χ1) is 13.1. The Balaban J connectivity index is 1.73. The average Bonchev–Trinajstić information content (AvgIpc) is 2.70. The summed E-state index contributed by atoms with van der Waals surface area (Å²) in [5, 5.41) is 2.94. The van der Waals surface area contributed by atoms with Gasteiger partial charge in [0.05, 0.1) is 12.4 Å². The van der Waals surface area contributed by atoms with Gasteiger partial charge in [-0.25, -0.2) is 9.97 Å². The van der Waals surface area contributed by atoms with E-state index >= 15 is 0 Å². The maximum absolute atomic E-state index is 12.5. The Morgan fingerprint density at radius 1 is 0.963 bits per heavy atom. The third kappa shape index (κ3) is 4.50. The smallest absolute Gasteiger partial charge is 0.275 e. The molecule has 0 saturated carbocycles. The molecule has 0 aliphatic heterocycles. The first-order valence-corrected chi connectivity index (χ1v) is 9.07. The van der Waals surface area contributed by atoms with Crippen LogP contribution < -0.4 is 10.2 Å². The van der Waals surface area contributed by atoms with Crippen molar-refractivity contribution in [3.8, 4) is 0 Å². The predicted octanol–water partition coefficient (Wildman–Crippen LogP) is 4.37. The lowest BCUT2D eigenvalue weighted by Crippen LogP contribution is -2.24. The molecule has 5 nitrogen and oxygen atoms in total. The first kappa shape index (κ1) is 18.6. The van der Waals surface area contributed by atoms with Crippen LogP contribution in [0.5, 0.6) is 0 Å². The third-order valence-electron chi connectivity index (χ3n) is 4.51. The van der Waals surface area contributed by atoms with E-state index in [4.69, 9.17) is 0 Å². The van der Waals surface area contributed by atoms with E-state index in [1.165, 1.54) is 11.8 Å². The van der Waals surface area contributed by atoms with E-state index in [2.05, 4.69) is 39.2 Å². The van der Waals surface area contributed by atoms with Crippen LogP contribution in [0.15, 0.2) is 60.9 Å². The number of carbonyl (C=O) groups is 1. The monoisotopic (exact) mass is 360 g/mol. The molecule has 27 heavy (non-hydrogen) atoms. The molecule has 0 spiro atoms. The molecule has 1 aromatic heterocycles. The molecule has 0 saturated heterocycles. The number of benzene rings is 2. The second kappa shape index (κ2) is 8.45. The van der Waals surface area contributed by atoms with Gasteiger partial charge >= 0.3 is 0 Å². The second-order valence-corrected chi connectivity index (χ2v) is 6.48. The molecule has 0 bridgehead atoms. The number of aromatic nitrogens is 2. The lowest BCUT2D eigenvalue weighted by atomic mass is 10.1. The van der Waals surface area contributed by atoms with Crippen molar-refractivity contribution in [1.29, 1.82) is 0 Å². The predicted molar refractivity (Wildman–Crippen MR) is 109 cm³/mol. The summed E-state index contributed by atoms with van der Waals surface area (Å²) in [5.41, 5.74) is 4.38. The highest BCUT2D eigenvalue weighted by Crippen LogP contribution is 2.20. The van der Waals surface area contributed by atoms with Crippen molar-refractivity contribution in [2.24, 2.45) is 0 Å². The van der Waals surface area contributed by atoms with Gasteiger partial charge in [-0.15, -0.1) is 0 Å². The summed E-state index contributed by atoms with van der Waals surface area (Å²) in [5.74, 6) is 0.502. The van der Waals surface area contributed by atoms with Crippen LogP contribution in [0, 0.1) is 13.8 Å². The number of carbonyl (C=O) groups excluding carboxylic acids is 1. The Kier molecular flexibility index (Phi) is 5.81. The highest BCUT2D eigenvalue weighted by Gasteiger charge is 2.13. The molecule has 0 aliphatic rings. The van der Waals surface area contributed by atoms with Crippen molar-refractivity contribution < 1.29 is 4.79 Å². The minimum atomic E-state index is -0.252. The van der Waals surface area contributed by atoms with Crippen LogP contribution >= 0.6 is 0 Å². The summed E-state index contributed by atoms with van der Waals surface area (Å²) in [4.78, 5) is 23.4. The number of nitrogens with zero attached hydrogens (tertiary/aromatic N) is 3. The normalized spacial score (nSPS) is 10.5. The van der Waals surface area contributed by atoms with Gasteiger partial charge < -0.3 is 10.2 Å². The fraction of sp³-hybridized carbons (Fsp3) is 0.227. The number of anilines is 2. The number of aryl methyl sites for hydroxylation is 2. The van der Waals surface area contributed by atoms with Crippen LogP contribution in [0.2, 0.25) is 0 Å². The largest absolute Gasteiger partial charge is 0.351 e. The van der Waals surface area contributed by atoms with E-state index < -0.39 is 0 Å². The Morgan fingerprint density at radius 2 is 1.67 bits per heavy atom. The molecule has 0 aliphatic carbocycles. The van der Waals surface area contributed by atoms with Gasteiger partial charge in [0.25, 0.3) is 5.91 Å². The highest BCUT2D eigenvalue weighted by molar-refractivity contribution is 6.03. The van der Waals surface area contributed by atoms with Crippen LogP contribution in [-0.2, 0) is 6.54 Å². The summed E-state index contributed by atoms with van der Waals surface area (Å²) >= 11 is 0. The zero-order chi connectivity index (χ0) is 19.2. The molecule has 138 valence electrons. The summed E-state index contributed by atoms with van der Waals surface area (Å²) in [6, 6.07) is 16.1. The summed E-state index contributed by atoms with van der Waals surface area (Å²) in [6.45, 7) is 7.57. The van der Waals surface area contributed by atoms with Gasteiger partial charge in [0.1, 0.15) is 11.5 Å². The molecule has 2 aromatic carbocycles. The number of amides is 1. The minimum absolute atomic E-state index is 0.252.